The lowest BCUT2D eigenvalue weighted by Crippen LogP contribution is -2.54. The van der Waals surface area contributed by atoms with E-state index in [1.54, 1.807) is 0 Å². The van der Waals surface area contributed by atoms with Gasteiger partial charge in [0.1, 0.15) is 0 Å². The van der Waals surface area contributed by atoms with Crippen molar-refractivity contribution in [3.05, 3.63) is 84.5 Å². The van der Waals surface area contributed by atoms with Gasteiger partial charge in [-0.25, -0.2) is 0 Å². The summed E-state index contributed by atoms with van der Waals surface area (Å²) >= 11 is 0. The molecule has 3 aromatic rings. The van der Waals surface area contributed by atoms with Gasteiger partial charge in [0, 0.05) is 5.56 Å². The summed E-state index contributed by atoms with van der Waals surface area (Å²) in [5.74, 6) is -0.238. The summed E-state index contributed by atoms with van der Waals surface area (Å²) in [7, 11) is 1.42. The molecule has 0 heterocycles. The van der Waals surface area contributed by atoms with E-state index < -0.39 is 10.8 Å². The Kier molecular flexibility index (Phi) is 4.35. The molecule has 5 rings (SSSR count). The Morgan fingerprint density at radius 1 is 0.733 bits per heavy atom. The van der Waals surface area contributed by atoms with Crippen LogP contribution in [0.3, 0.4) is 0 Å². The van der Waals surface area contributed by atoms with Crippen LogP contribution in [0.15, 0.2) is 78.9 Å². The monoisotopic (exact) mass is 396 g/mol. The van der Waals surface area contributed by atoms with Gasteiger partial charge in [0.15, 0.2) is 5.78 Å². The molecule has 3 nitrogen and oxygen atoms in total. The first-order chi connectivity index (χ1) is 14.6. The number of Topliss-reactive ketones (excluding diaryl/α,β-unsaturated/α-hetero) is 1. The summed E-state index contributed by atoms with van der Waals surface area (Å²) in [5.41, 5.74) is -0.979. The number of ketones is 1. The molecule has 0 spiro atoms. The lowest BCUT2D eigenvalue weighted by molar-refractivity contribution is -0.161. The Balaban J connectivity index is 1.79. The molecular formula is C27H24O3. The number of fused-ring (bicyclic) bond motifs is 4. The fourth-order valence-electron chi connectivity index (χ4n) is 5.55. The van der Waals surface area contributed by atoms with Gasteiger partial charge in [-0.05, 0) is 53.3 Å². The van der Waals surface area contributed by atoms with Gasteiger partial charge in [-0.1, -0.05) is 72.8 Å². The van der Waals surface area contributed by atoms with Crippen LogP contribution in [0.1, 0.15) is 36.0 Å². The lowest BCUT2D eigenvalue weighted by atomic mass is 9.50. The second kappa shape index (κ2) is 6.94. The highest BCUT2D eigenvalue weighted by Gasteiger charge is 2.61. The average Bonchev–Trinajstić information content (AvgIpc) is 2.82. The summed E-state index contributed by atoms with van der Waals surface area (Å²) in [4.78, 5) is 27.5. The molecule has 0 N–H and O–H groups in total. The second-order valence-corrected chi connectivity index (χ2v) is 8.44. The van der Waals surface area contributed by atoms with Crippen LogP contribution in [-0.4, -0.2) is 18.9 Å². The molecule has 3 aromatic carbocycles. The predicted octanol–water partition coefficient (Wildman–Crippen LogP) is 6.02. The van der Waals surface area contributed by atoms with Gasteiger partial charge in [-0.2, -0.15) is 0 Å². The van der Waals surface area contributed by atoms with Crippen molar-refractivity contribution in [3.8, 4) is 0 Å². The number of allylic oxidation sites excluding steroid dienone is 4. The summed E-state index contributed by atoms with van der Waals surface area (Å²) in [6.07, 6.45) is 10.3. The first-order valence-electron chi connectivity index (χ1n) is 10.5. The summed E-state index contributed by atoms with van der Waals surface area (Å²) in [6, 6.07) is 18.2. The summed E-state index contributed by atoms with van der Waals surface area (Å²) in [6.45, 7) is 0. The summed E-state index contributed by atoms with van der Waals surface area (Å²) in [5, 5.41) is 4.18. The van der Waals surface area contributed by atoms with Gasteiger partial charge in [0.25, 0.3) is 0 Å². The third-order valence-corrected chi connectivity index (χ3v) is 7.14. The molecule has 0 saturated heterocycles. The highest BCUT2D eigenvalue weighted by molar-refractivity contribution is 6.19. The molecule has 0 fully saturated rings. The number of methoxy groups -OCH3 is 1. The average molecular weight is 396 g/mol. The molecule has 2 aliphatic carbocycles. The number of benzene rings is 3. The minimum atomic E-state index is -0.852. The predicted molar refractivity (Wildman–Crippen MR) is 119 cm³/mol. The molecule has 0 atom stereocenters. The third kappa shape index (κ3) is 2.44. The maximum absolute atomic E-state index is 14.4. The van der Waals surface area contributed by atoms with E-state index in [1.807, 2.05) is 54.6 Å². The van der Waals surface area contributed by atoms with Crippen LogP contribution in [0.25, 0.3) is 21.5 Å². The minimum Gasteiger partial charge on any atom is -0.469 e. The molecular weight excluding hydrogens is 372 g/mol. The summed E-state index contributed by atoms with van der Waals surface area (Å²) < 4.78 is 5.26. The Morgan fingerprint density at radius 2 is 1.27 bits per heavy atom. The van der Waals surface area contributed by atoms with Crippen molar-refractivity contribution in [1.29, 1.82) is 0 Å². The van der Waals surface area contributed by atoms with Crippen LogP contribution in [-0.2, 0) is 9.53 Å². The van der Waals surface area contributed by atoms with Gasteiger partial charge >= 0.3 is 5.97 Å². The fourth-order valence-corrected chi connectivity index (χ4v) is 5.55. The van der Waals surface area contributed by atoms with Gasteiger partial charge in [-0.3, -0.25) is 9.59 Å². The molecule has 3 heteroatoms. The maximum atomic E-state index is 14.4. The molecule has 0 aliphatic heterocycles. The zero-order valence-electron chi connectivity index (χ0n) is 17.1. The van der Waals surface area contributed by atoms with Gasteiger partial charge in [0.2, 0.25) is 0 Å². The fraction of sp³-hybridized carbons (Fsp3) is 0.259. The van der Waals surface area contributed by atoms with Crippen molar-refractivity contribution in [2.45, 2.75) is 25.7 Å². The molecule has 0 radical (unpaired) electrons. The van der Waals surface area contributed by atoms with Gasteiger partial charge in [-0.15, -0.1) is 0 Å². The lowest BCUT2D eigenvalue weighted by Gasteiger charge is -2.50. The van der Waals surface area contributed by atoms with Crippen molar-refractivity contribution in [2.75, 3.05) is 7.11 Å². The first kappa shape index (κ1) is 18.8. The molecule has 30 heavy (non-hydrogen) atoms. The van der Waals surface area contributed by atoms with Crippen LogP contribution in [0, 0.1) is 10.8 Å². The Morgan fingerprint density at radius 3 is 1.90 bits per heavy atom. The highest BCUT2D eigenvalue weighted by Crippen LogP contribution is 2.58. The van der Waals surface area contributed by atoms with Crippen molar-refractivity contribution < 1.29 is 14.3 Å². The number of rotatable bonds is 3. The molecule has 0 aromatic heterocycles. The van der Waals surface area contributed by atoms with E-state index >= 15 is 0 Å². The van der Waals surface area contributed by atoms with Crippen LogP contribution in [0.5, 0.6) is 0 Å². The number of ether oxygens (including phenoxy) is 1. The van der Waals surface area contributed by atoms with Crippen LogP contribution < -0.4 is 0 Å². The van der Waals surface area contributed by atoms with Gasteiger partial charge < -0.3 is 4.74 Å². The Bertz CT molecular complexity index is 1210. The zero-order chi connectivity index (χ0) is 20.8. The van der Waals surface area contributed by atoms with E-state index in [9.17, 15) is 9.59 Å². The van der Waals surface area contributed by atoms with Crippen molar-refractivity contribution in [2.24, 2.45) is 10.8 Å². The van der Waals surface area contributed by atoms with E-state index in [2.05, 4.69) is 24.3 Å². The number of hydrogen-bond acceptors (Lipinski definition) is 3. The molecule has 0 amide bonds. The van der Waals surface area contributed by atoms with E-state index in [-0.39, 0.29) is 11.8 Å². The molecule has 150 valence electrons. The minimum absolute atomic E-state index is 0.0450. The number of carbonyl (C=O) groups excluding carboxylic acids is 2. The second-order valence-electron chi connectivity index (χ2n) is 8.44. The van der Waals surface area contributed by atoms with Crippen LogP contribution in [0.4, 0.5) is 0 Å². The third-order valence-electron chi connectivity index (χ3n) is 7.14. The van der Waals surface area contributed by atoms with E-state index in [0.29, 0.717) is 31.2 Å². The van der Waals surface area contributed by atoms with Crippen molar-refractivity contribution >= 4 is 33.3 Å². The number of carbonyl (C=O) groups is 2. The quantitative estimate of drug-likeness (QED) is 0.235. The first-order valence-corrected chi connectivity index (χ1v) is 10.5. The van der Waals surface area contributed by atoms with E-state index in [1.165, 1.54) is 7.11 Å². The SMILES string of the molecule is COC(=O)C12CC=CCC1(C(=O)c1cc3ccccc3c3ccccc13)CC=CC2. The van der Waals surface area contributed by atoms with Crippen LogP contribution >= 0.6 is 0 Å². The number of esters is 1. The van der Waals surface area contributed by atoms with E-state index in [4.69, 9.17) is 4.74 Å². The molecule has 2 aliphatic rings. The maximum Gasteiger partial charge on any atom is 0.313 e. The molecule has 0 bridgehead atoms. The number of hydrogen-bond donors (Lipinski definition) is 0. The van der Waals surface area contributed by atoms with Crippen LogP contribution in [0.2, 0.25) is 0 Å². The Hall–Kier alpha value is -3.20. The van der Waals surface area contributed by atoms with Crippen molar-refractivity contribution in [3.63, 3.8) is 0 Å². The van der Waals surface area contributed by atoms with Crippen molar-refractivity contribution in [1.82, 2.24) is 0 Å². The standard InChI is InChI=1S/C27H24O3/c1-30-25(29)27-16-8-6-14-26(27,15-7-9-17-27)24(28)23-18-19-10-2-3-11-20(19)21-12-4-5-13-22(21)23/h2-13,18H,14-17H2,1H3. The molecule has 0 saturated carbocycles. The molecule has 0 unspecified atom stereocenters. The normalized spacial score (nSPS) is 25.2. The van der Waals surface area contributed by atoms with Gasteiger partial charge in [0.05, 0.1) is 17.9 Å². The Labute approximate surface area is 176 Å². The largest absolute Gasteiger partial charge is 0.469 e. The van der Waals surface area contributed by atoms with E-state index in [0.717, 1.165) is 21.5 Å². The highest BCUT2D eigenvalue weighted by atomic mass is 16.5. The smallest absolute Gasteiger partial charge is 0.313 e. The zero-order valence-corrected chi connectivity index (χ0v) is 17.1. The topological polar surface area (TPSA) is 43.4 Å².